The van der Waals surface area contributed by atoms with Crippen LogP contribution in [-0.2, 0) is 6.54 Å². The van der Waals surface area contributed by atoms with Crippen LogP contribution in [0.2, 0.25) is 0 Å². The highest BCUT2D eigenvalue weighted by atomic mass is 16.4. The van der Waals surface area contributed by atoms with E-state index in [4.69, 9.17) is 4.42 Å². The summed E-state index contributed by atoms with van der Waals surface area (Å²) in [5, 5.41) is 3.30. The Morgan fingerprint density at radius 1 is 1.11 bits per heavy atom. The third-order valence-corrected chi connectivity index (χ3v) is 2.76. The van der Waals surface area contributed by atoms with Crippen LogP contribution in [0.5, 0.6) is 0 Å². The molecule has 0 amide bonds. The van der Waals surface area contributed by atoms with E-state index in [2.05, 4.69) is 22.4 Å². The molecule has 3 aromatic rings. The van der Waals surface area contributed by atoms with E-state index in [-0.39, 0.29) is 0 Å². The lowest BCUT2D eigenvalue weighted by atomic mass is 10.2. The molecule has 0 aliphatic rings. The summed E-state index contributed by atoms with van der Waals surface area (Å²) in [7, 11) is 0. The highest BCUT2D eigenvalue weighted by Crippen LogP contribution is 2.16. The SMILES string of the molecule is O=c1[nH]c2cc(NCc3ccccc3)ccc2o1. The molecule has 0 atom stereocenters. The van der Waals surface area contributed by atoms with Gasteiger partial charge in [0.2, 0.25) is 0 Å². The normalized spacial score (nSPS) is 10.7. The van der Waals surface area contributed by atoms with E-state index in [1.165, 1.54) is 5.56 Å². The van der Waals surface area contributed by atoms with Crippen LogP contribution in [0.1, 0.15) is 5.56 Å². The lowest BCUT2D eigenvalue weighted by molar-refractivity contribution is 0.555. The number of benzene rings is 2. The van der Waals surface area contributed by atoms with Gasteiger partial charge in [0.05, 0.1) is 5.52 Å². The largest absolute Gasteiger partial charge is 0.417 e. The van der Waals surface area contributed by atoms with Crippen LogP contribution < -0.4 is 11.1 Å². The number of hydrogen-bond acceptors (Lipinski definition) is 3. The van der Waals surface area contributed by atoms with Crippen molar-refractivity contribution in [2.45, 2.75) is 6.54 Å². The molecule has 0 unspecified atom stereocenters. The van der Waals surface area contributed by atoms with Gasteiger partial charge < -0.3 is 9.73 Å². The van der Waals surface area contributed by atoms with Crippen LogP contribution in [-0.4, -0.2) is 4.98 Å². The molecule has 0 radical (unpaired) electrons. The fourth-order valence-electron chi connectivity index (χ4n) is 1.86. The molecule has 2 N–H and O–H groups in total. The highest BCUT2D eigenvalue weighted by molar-refractivity contribution is 5.76. The summed E-state index contributed by atoms with van der Waals surface area (Å²) in [6.07, 6.45) is 0. The van der Waals surface area contributed by atoms with Gasteiger partial charge in [0, 0.05) is 12.2 Å². The highest BCUT2D eigenvalue weighted by Gasteiger charge is 2.01. The summed E-state index contributed by atoms with van der Waals surface area (Å²) < 4.78 is 4.95. The lowest BCUT2D eigenvalue weighted by Gasteiger charge is -2.05. The number of oxazole rings is 1. The topological polar surface area (TPSA) is 58.0 Å². The predicted molar refractivity (Wildman–Crippen MR) is 70.6 cm³/mol. The van der Waals surface area contributed by atoms with Crippen molar-refractivity contribution in [2.24, 2.45) is 0 Å². The first-order valence-corrected chi connectivity index (χ1v) is 5.72. The molecule has 0 spiro atoms. The summed E-state index contributed by atoms with van der Waals surface area (Å²) in [5.74, 6) is -0.426. The zero-order valence-corrected chi connectivity index (χ0v) is 9.64. The van der Waals surface area contributed by atoms with E-state index in [0.29, 0.717) is 11.1 Å². The minimum Gasteiger partial charge on any atom is -0.408 e. The zero-order chi connectivity index (χ0) is 12.4. The molecule has 90 valence electrons. The maximum atomic E-state index is 11.0. The van der Waals surface area contributed by atoms with Gasteiger partial charge in [-0.1, -0.05) is 30.3 Å². The third-order valence-electron chi connectivity index (χ3n) is 2.76. The quantitative estimate of drug-likeness (QED) is 0.740. The monoisotopic (exact) mass is 240 g/mol. The first-order valence-electron chi connectivity index (χ1n) is 5.72. The molecule has 4 nitrogen and oxygen atoms in total. The van der Waals surface area contributed by atoms with Gasteiger partial charge in [-0.15, -0.1) is 0 Å². The van der Waals surface area contributed by atoms with E-state index in [0.717, 1.165) is 12.2 Å². The molecule has 3 rings (SSSR count). The van der Waals surface area contributed by atoms with Crippen molar-refractivity contribution in [3.05, 3.63) is 64.6 Å². The molecule has 4 heteroatoms. The van der Waals surface area contributed by atoms with Crippen LogP contribution in [0, 0.1) is 0 Å². The van der Waals surface area contributed by atoms with Gasteiger partial charge in [-0.25, -0.2) is 4.79 Å². The predicted octanol–water partition coefficient (Wildman–Crippen LogP) is 2.73. The van der Waals surface area contributed by atoms with Crippen molar-refractivity contribution in [1.82, 2.24) is 4.98 Å². The van der Waals surface area contributed by atoms with Crippen LogP contribution in [0.4, 0.5) is 5.69 Å². The van der Waals surface area contributed by atoms with E-state index in [9.17, 15) is 4.79 Å². The Bertz CT molecular complexity index is 713. The molecular weight excluding hydrogens is 228 g/mol. The van der Waals surface area contributed by atoms with Crippen molar-refractivity contribution < 1.29 is 4.42 Å². The summed E-state index contributed by atoms with van der Waals surface area (Å²) >= 11 is 0. The van der Waals surface area contributed by atoms with Crippen LogP contribution in [0.25, 0.3) is 11.1 Å². The Morgan fingerprint density at radius 2 is 1.94 bits per heavy atom. The lowest BCUT2D eigenvalue weighted by Crippen LogP contribution is -1.98. The smallest absolute Gasteiger partial charge is 0.408 e. The molecule has 0 fully saturated rings. The molecule has 0 saturated carbocycles. The summed E-state index contributed by atoms with van der Waals surface area (Å²) in [6.45, 7) is 0.744. The first-order chi connectivity index (χ1) is 8.81. The van der Waals surface area contributed by atoms with Crippen molar-refractivity contribution in [1.29, 1.82) is 0 Å². The Labute approximate surface area is 103 Å². The minimum atomic E-state index is -0.426. The Balaban J connectivity index is 1.80. The molecule has 0 saturated heterocycles. The standard InChI is InChI=1S/C14H12N2O2/c17-14-16-12-8-11(6-7-13(12)18-14)15-9-10-4-2-1-3-5-10/h1-8,15H,9H2,(H,16,17). The molecule has 18 heavy (non-hydrogen) atoms. The molecule has 2 aromatic carbocycles. The van der Waals surface area contributed by atoms with E-state index in [1.807, 2.05) is 30.3 Å². The van der Waals surface area contributed by atoms with E-state index < -0.39 is 5.76 Å². The average Bonchev–Trinajstić information content (AvgIpc) is 2.77. The second kappa shape index (κ2) is 4.41. The number of hydrogen-bond donors (Lipinski definition) is 2. The molecule has 0 aliphatic heterocycles. The number of H-pyrrole nitrogens is 1. The van der Waals surface area contributed by atoms with Crippen LogP contribution in [0.15, 0.2) is 57.7 Å². The first kappa shape index (κ1) is 10.7. The van der Waals surface area contributed by atoms with Gasteiger partial charge >= 0.3 is 5.76 Å². The Kier molecular flexibility index (Phi) is 2.61. The van der Waals surface area contributed by atoms with Crippen molar-refractivity contribution in [3.8, 4) is 0 Å². The average molecular weight is 240 g/mol. The van der Waals surface area contributed by atoms with Crippen molar-refractivity contribution in [3.63, 3.8) is 0 Å². The second-order valence-corrected chi connectivity index (χ2v) is 4.06. The minimum absolute atomic E-state index is 0.426. The molecular formula is C14H12N2O2. The maximum absolute atomic E-state index is 11.0. The van der Waals surface area contributed by atoms with Crippen molar-refractivity contribution >= 4 is 16.8 Å². The number of aromatic amines is 1. The number of anilines is 1. The maximum Gasteiger partial charge on any atom is 0.417 e. The Morgan fingerprint density at radius 3 is 2.78 bits per heavy atom. The van der Waals surface area contributed by atoms with E-state index >= 15 is 0 Å². The van der Waals surface area contributed by atoms with Crippen LogP contribution in [0.3, 0.4) is 0 Å². The number of rotatable bonds is 3. The fourth-order valence-corrected chi connectivity index (χ4v) is 1.86. The number of nitrogens with one attached hydrogen (secondary N) is 2. The van der Waals surface area contributed by atoms with Gasteiger partial charge in [0.25, 0.3) is 0 Å². The van der Waals surface area contributed by atoms with Crippen molar-refractivity contribution in [2.75, 3.05) is 5.32 Å². The number of aromatic nitrogens is 1. The summed E-state index contributed by atoms with van der Waals surface area (Å²) in [6, 6.07) is 15.7. The Hall–Kier alpha value is -2.49. The second-order valence-electron chi connectivity index (χ2n) is 4.06. The molecule has 1 heterocycles. The summed E-state index contributed by atoms with van der Waals surface area (Å²) in [4.78, 5) is 13.7. The van der Waals surface area contributed by atoms with Gasteiger partial charge in [-0.2, -0.15) is 0 Å². The zero-order valence-electron chi connectivity index (χ0n) is 9.64. The van der Waals surface area contributed by atoms with Gasteiger partial charge in [-0.05, 0) is 23.8 Å². The van der Waals surface area contributed by atoms with Gasteiger partial charge in [-0.3, -0.25) is 4.98 Å². The van der Waals surface area contributed by atoms with Gasteiger partial charge in [0.1, 0.15) is 0 Å². The molecule has 1 aromatic heterocycles. The van der Waals surface area contributed by atoms with E-state index in [1.54, 1.807) is 6.07 Å². The third kappa shape index (κ3) is 2.13. The fraction of sp³-hybridized carbons (Fsp3) is 0.0714. The summed E-state index contributed by atoms with van der Waals surface area (Å²) in [5.41, 5.74) is 3.44. The molecule has 0 bridgehead atoms. The number of fused-ring (bicyclic) bond motifs is 1. The van der Waals surface area contributed by atoms with Gasteiger partial charge in [0.15, 0.2) is 5.58 Å². The van der Waals surface area contributed by atoms with Crippen LogP contribution >= 0.6 is 0 Å². The molecule has 0 aliphatic carbocycles.